The second-order valence-electron chi connectivity index (χ2n) is 8.76. The predicted molar refractivity (Wildman–Crippen MR) is 130 cm³/mol. The highest BCUT2D eigenvalue weighted by atomic mass is 32.1. The van der Waals surface area contributed by atoms with Gasteiger partial charge in [-0.1, -0.05) is 0 Å². The molecule has 4 heterocycles. The molecule has 0 spiro atoms. The number of nitrogens with two attached hydrogens (primary N) is 1. The zero-order valence-electron chi connectivity index (χ0n) is 19.4. The minimum atomic E-state index is -0.433. The van der Waals surface area contributed by atoms with E-state index in [0.717, 1.165) is 43.6 Å². The van der Waals surface area contributed by atoms with Crippen LogP contribution in [0.2, 0.25) is 0 Å². The molecule has 0 radical (unpaired) electrons. The van der Waals surface area contributed by atoms with Crippen molar-refractivity contribution in [2.24, 2.45) is 5.73 Å². The SMILES string of the molecule is C[C@H](CCc1ncccc1C(N)=O)N1CCC(N(Cc2ccsc2)C(=O)Cn2cncn2)CC1. The third-order valence-electron chi connectivity index (χ3n) is 6.54. The summed E-state index contributed by atoms with van der Waals surface area (Å²) in [7, 11) is 0. The molecular weight excluding hydrogens is 450 g/mol. The van der Waals surface area contributed by atoms with Crippen LogP contribution in [0.3, 0.4) is 0 Å². The van der Waals surface area contributed by atoms with Gasteiger partial charge in [0.25, 0.3) is 5.91 Å². The Hall–Kier alpha value is -3.11. The lowest BCUT2D eigenvalue weighted by Gasteiger charge is -2.41. The van der Waals surface area contributed by atoms with E-state index in [1.165, 1.54) is 6.33 Å². The fraction of sp³-hybridized carbons (Fsp3) is 0.458. The molecule has 0 unspecified atom stereocenters. The number of hydrogen-bond donors (Lipinski definition) is 1. The first-order valence-electron chi connectivity index (χ1n) is 11.6. The zero-order chi connectivity index (χ0) is 23.9. The van der Waals surface area contributed by atoms with E-state index in [2.05, 4.69) is 38.3 Å². The highest BCUT2D eigenvalue weighted by Gasteiger charge is 2.30. The molecule has 4 rings (SSSR count). The highest BCUT2D eigenvalue weighted by Crippen LogP contribution is 2.23. The Kier molecular flexibility index (Phi) is 8.02. The molecule has 0 aliphatic carbocycles. The summed E-state index contributed by atoms with van der Waals surface area (Å²) in [6, 6.07) is 6.09. The molecule has 1 saturated heterocycles. The molecular formula is C24H31N7O2S. The first-order chi connectivity index (χ1) is 16.5. The van der Waals surface area contributed by atoms with Crippen molar-refractivity contribution < 1.29 is 9.59 Å². The van der Waals surface area contributed by atoms with Crippen molar-refractivity contribution in [3.8, 4) is 0 Å². The van der Waals surface area contributed by atoms with Crippen molar-refractivity contribution in [3.05, 3.63) is 64.6 Å². The third-order valence-corrected chi connectivity index (χ3v) is 7.27. The molecule has 0 saturated carbocycles. The van der Waals surface area contributed by atoms with Gasteiger partial charge in [0, 0.05) is 37.9 Å². The summed E-state index contributed by atoms with van der Waals surface area (Å²) < 4.78 is 1.58. The number of aromatic nitrogens is 4. The number of aryl methyl sites for hydroxylation is 1. The van der Waals surface area contributed by atoms with Gasteiger partial charge in [-0.15, -0.1) is 0 Å². The van der Waals surface area contributed by atoms with Crippen molar-refractivity contribution >= 4 is 23.2 Å². The Morgan fingerprint density at radius 3 is 2.79 bits per heavy atom. The second kappa shape index (κ2) is 11.3. The van der Waals surface area contributed by atoms with Gasteiger partial charge < -0.3 is 15.5 Å². The molecule has 1 fully saturated rings. The van der Waals surface area contributed by atoms with Crippen molar-refractivity contribution in [1.29, 1.82) is 0 Å². The van der Waals surface area contributed by atoms with Crippen LogP contribution >= 0.6 is 11.3 Å². The molecule has 9 nitrogen and oxygen atoms in total. The van der Waals surface area contributed by atoms with E-state index in [1.807, 2.05) is 10.3 Å². The van der Waals surface area contributed by atoms with Gasteiger partial charge in [0.15, 0.2) is 0 Å². The van der Waals surface area contributed by atoms with Gasteiger partial charge in [-0.25, -0.2) is 9.67 Å². The van der Waals surface area contributed by atoms with Gasteiger partial charge in [-0.3, -0.25) is 14.6 Å². The molecule has 34 heavy (non-hydrogen) atoms. The number of hydrogen-bond acceptors (Lipinski definition) is 7. The standard InChI is InChI=1S/C24H31N7O2S/c1-18(4-5-22-21(24(25)33)3-2-9-27-22)29-10-6-20(7-11-29)31(13-19-8-12-34-15-19)23(32)14-30-17-26-16-28-30/h2-3,8-9,12,15-18,20H,4-7,10-11,13-14H2,1H3,(H2,25,33)/t18-/m1/s1. The van der Waals surface area contributed by atoms with E-state index in [1.54, 1.807) is 40.7 Å². The van der Waals surface area contributed by atoms with Crippen LogP contribution in [0, 0.1) is 0 Å². The van der Waals surface area contributed by atoms with Crippen molar-refractivity contribution in [2.45, 2.75) is 57.8 Å². The van der Waals surface area contributed by atoms with Crippen LogP contribution in [0.4, 0.5) is 0 Å². The normalized spacial score (nSPS) is 15.8. The molecule has 1 atom stereocenters. The number of rotatable bonds is 10. The van der Waals surface area contributed by atoms with Gasteiger partial charge in [-0.05, 0) is 67.1 Å². The Morgan fingerprint density at radius 1 is 1.29 bits per heavy atom. The van der Waals surface area contributed by atoms with Crippen LogP contribution < -0.4 is 5.73 Å². The van der Waals surface area contributed by atoms with Crippen molar-refractivity contribution in [3.63, 3.8) is 0 Å². The molecule has 3 aromatic heterocycles. The number of thiophene rings is 1. The van der Waals surface area contributed by atoms with Gasteiger partial charge in [0.1, 0.15) is 19.2 Å². The van der Waals surface area contributed by atoms with Crippen LogP contribution in [-0.4, -0.2) is 66.5 Å². The molecule has 1 aliphatic rings. The Balaban J connectivity index is 1.34. The fourth-order valence-electron chi connectivity index (χ4n) is 4.57. The number of piperidine rings is 1. The average molecular weight is 482 g/mol. The predicted octanol–water partition coefficient (Wildman–Crippen LogP) is 2.35. The monoisotopic (exact) mass is 481 g/mol. The van der Waals surface area contributed by atoms with Crippen LogP contribution in [0.5, 0.6) is 0 Å². The summed E-state index contributed by atoms with van der Waals surface area (Å²) in [4.78, 5) is 37.6. The molecule has 2 amide bonds. The van der Waals surface area contributed by atoms with Crippen molar-refractivity contribution in [1.82, 2.24) is 29.5 Å². The topological polar surface area (TPSA) is 110 Å². The van der Waals surface area contributed by atoms with Crippen LogP contribution in [-0.2, 0) is 24.3 Å². The lowest BCUT2D eigenvalue weighted by molar-refractivity contribution is -0.136. The zero-order valence-corrected chi connectivity index (χ0v) is 20.2. The maximum absolute atomic E-state index is 13.2. The Morgan fingerprint density at radius 2 is 2.12 bits per heavy atom. The van der Waals surface area contributed by atoms with Crippen LogP contribution in [0.15, 0.2) is 47.8 Å². The maximum atomic E-state index is 13.2. The van der Waals surface area contributed by atoms with E-state index >= 15 is 0 Å². The first kappa shape index (κ1) is 24.0. The second-order valence-corrected chi connectivity index (χ2v) is 9.54. The molecule has 3 aromatic rings. The summed E-state index contributed by atoms with van der Waals surface area (Å²) >= 11 is 1.65. The minimum Gasteiger partial charge on any atom is -0.366 e. The largest absolute Gasteiger partial charge is 0.366 e. The summed E-state index contributed by atoms with van der Waals surface area (Å²) in [6.45, 7) is 4.88. The van der Waals surface area contributed by atoms with E-state index in [4.69, 9.17) is 5.73 Å². The molecule has 10 heteroatoms. The van der Waals surface area contributed by atoms with E-state index in [0.29, 0.717) is 24.6 Å². The number of primary amides is 1. The smallest absolute Gasteiger partial charge is 0.250 e. The lowest BCUT2D eigenvalue weighted by Crippen LogP contribution is -2.49. The number of carbonyl (C=O) groups is 2. The van der Waals surface area contributed by atoms with Crippen molar-refractivity contribution in [2.75, 3.05) is 13.1 Å². The fourth-order valence-corrected chi connectivity index (χ4v) is 5.23. The van der Waals surface area contributed by atoms with E-state index < -0.39 is 5.91 Å². The molecule has 0 aromatic carbocycles. The van der Waals surface area contributed by atoms with Crippen LogP contribution in [0.1, 0.15) is 47.8 Å². The van der Waals surface area contributed by atoms with E-state index in [-0.39, 0.29) is 18.5 Å². The third kappa shape index (κ3) is 6.06. The Labute approximate surface area is 203 Å². The van der Waals surface area contributed by atoms with Crippen LogP contribution in [0.25, 0.3) is 0 Å². The molecule has 0 bridgehead atoms. The van der Waals surface area contributed by atoms with E-state index in [9.17, 15) is 9.59 Å². The molecule has 1 aliphatic heterocycles. The Bertz CT molecular complexity index is 1060. The quantitative estimate of drug-likeness (QED) is 0.476. The number of amides is 2. The summed E-state index contributed by atoms with van der Waals surface area (Å²) in [5.41, 5.74) is 7.92. The lowest BCUT2D eigenvalue weighted by atomic mass is 9.98. The summed E-state index contributed by atoms with van der Waals surface area (Å²) in [5, 5.41) is 8.25. The minimum absolute atomic E-state index is 0.0670. The number of nitrogens with zero attached hydrogens (tertiary/aromatic N) is 6. The highest BCUT2D eigenvalue weighted by molar-refractivity contribution is 7.07. The van der Waals surface area contributed by atoms with Gasteiger partial charge >= 0.3 is 0 Å². The van der Waals surface area contributed by atoms with Gasteiger partial charge in [0.2, 0.25) is 5.91 Å². The summed E-state index contributed by atoms with van der Waals surface area (Å²) in [6.07, 6.45) is 8.19. The maximum Gasteiger partial charge on any atom is 0.250 e. The number of likely N-dealkylation sites (tertiary alicyclic amines) is 1. The number of pyridine rings is 1. The van der Waals surface area contributed by atoms with Gasteiger partial charge in [-0.2, -0.15) is 16.4 Å². The van der Waals surface area contributed by atoms with Gasteiger partial charge in [0.05, 0.1) is 11.3 Å². The summed E-state index contributed by atoms with van der Waals surface area (Å²) in [5.74, 6) is -0.366. The average Bonchev–Trinajstić information content (AvgIpc) is 3.55. The molecule has 2 N–H and O–H groups in total. The number of carbonyl (C=O) groups excluding carboxylic acids is 2. The molecule has 180 valence electrons. The first-order valence-corrected chi connectivity index (χ1v) is 12.6.